The van der Waals surface area contributed by atoms with Crippen LogP contribution in [0.1, 0.15) is 58.3 Å². The summed E-state index contributed by atoms with van der Waals surface area (Å²) in [6, 6.07) is 1.01. The van der Waals surface area contributed by atoms with E-state index in [0.717, 1.165) is 57.3 Å². The van der Waals surface area contributed by atoms with Crippen molar-refractivity contribution in [2.75, 3.05) is 19.6 Å². The first-order valence-electron chi connectivity index (χ1n) is 8.89. The lowest BCUT2D eigenvalue weighted by Crippen LogP contribution is -2.51. The molecule has 0 radical (unpaired) electrons. The fourth-order valence-electron chi connectivity index (χ4n) is 4.85. The largest absolute Gasteiger partial charge is 0.480 e. The highest BCUT2D eigenvalue weighted by atomic mass is 16.4. The summed E-state index contributed by atoms with van der Waals surface area (Å²) < 4.78 is 0. The average Bonchev–Trinajstić information content (AvgIpc) is 3.18. The fraction of sp³-hybridized carbons (Fsp3) is 0.941. The average molecular weight is 294 g/mol. The van der Waals surface area contributed by atoms with Crippen molar-refractivity contribution in [3.8, 4) is 0 Å². The molecule has 2 heterocycles. The summed E-state index contributed by atoms with van der Waals surface area (Å²) in [4.78, 5) is 16.3. The standard InChI is InChI=1S/C17H30N2O2/c1-13(14-5-2-3-6-14)18-11-8-15(9-12-18)19-10-4-7-16(19)17(20)21/h13-16H,2-12H2,1H3,(H,20,21). The van der Waals surface area contributed by atoms with E-state index < -0.39 is 5.97 Å². The number of carbonyl (C=O) groups is 1. The molecule has 1 N–H and O–H groups in total. The summed E-state index contributed by atoms with van der Waals surface area (Å²) in [5.74, 6) is 0.286. The maximum absolute atomic E-state index is 11.3. The van der Waals surface area contributed by atoms with E-state index in [0.29, 0.717) is 6.04 Å². The number of carboxylic acid groups (broad SMARTS) is 1. The van der Waals surface area contributed by atoms with Crippen molar-refractivity contribution in [3.05, 3.63) is 0 Å². The Morgan fingerprint density at radius 2 is 1.67 bits per heavy atom. The molecule has 0 bridgehead atoms. The molecule has 1 aliphatic carbocycles. The number of piperidine rings is 1. The van der Waals surface area contributed by atoms with Crippen LogP contribution in [0.15, 0.2) is 0 Å². The van der Waals surface area contributed by atoms with Crippen molar-refractivity contribution < 1.29 is 9.90 Å². The van der Waals surface area contributed by atoms with Crippen molar-refractivity contribution in [1.82, 2.24) is 9.80 Å². The minimum atomic E-state index is -0.616. The number of rotatable bonds is 4. The van der Waals surface area contributed by atoms with Gasteiger partial charge < -0.3 is 10.0 Å². The third kappa shape index (κ3) is 3.26. The number of aliphatic carboxylic acids is 1. The van der Waals surface area contributed by atoms with Crippen molar-refractivity contribution in [2.45, 2.75) is 76.4 Å². The predicted molar refractivity (Wildman–Crippen MR) is 83.4 cm³/mol. The number of nitrogens with zero attached hydrogens (tertiary/aromatic N) is 2. The van der Waals surface area contributed by atoms with Crippen LogP contribution in [0.25, 0.3) is 0 Å². The first kappa shape index (κ1) is 15.3. The predicted octanol–water partition coefficient (Wildman–Crippen LogP) is 2.58. The van der Waals surface area contributed by atoms with Gasteiger partial charge in [0.2, 0.25) is 0 Å². The van der Waals surface area contributed by atoms with Crippen molar-refractivity contribution in [2.24, 2.45) is 5.92 Å². The van der Waals surface area contributed by atoms with Gasteiger partial charge >= 0.3 is 5.97 Å². The van der Waals surface area contributed by atoms with Crippen LogP contribution in [0.5, 0.6) is 0 Å². The van der Waals surface area contributed by atoms with Crippen LogP contribution >= 0.6 is 0 Å². The monoisotopic (exact) mass is 294 g/mol. The minimum Gasteiger partial charge on any atom is -0.480 e. The molecular formula is C17H30N2O2. The first-order valence-corrected chi connectivity index (χ1v) is 8.89. The zero-order chi connectivity index (χ0) is 14.8. The van der Waals surface area contributed by atoms with Crippen LogP contribution in [0.4, 0.5) is 0 Å². The topological polar surface area (TPSA) is 43.8 Å². The normalized spacial score (nSPS) is 31.8. The zero-order valence-corrected chi connectivity index (χ0v) is 13.3. The molecule has 4 nitrogen and oxygen atoms in total. The Kier molecular flexibility index (Phi) is 4.85. The van der Waals surface area contributed by atoms with E-state index in [4.69, 9.17) is 0 Å². The smallest absolute Gasteiger partial charge is 0.320 e. The Bertz CT molecular complexity index is 360. The molecule has 4 heteroatoms. The minimum absolute atomic E-state index is 0.214. The van der Waals surface area contributed by atoms with Gasteiger partial charge in [0, 0.05) is 12.1 Å². The highest BCUT2D eigenvalue weighted by Crippen LogP contribution is 2.32. The summed E-state index contributed by atoms with van der Waals surface area (Å²) in [7, 11) is 0. The maximum atomic E-state index is 11.3. The Balaban J connectivity index is 1.51. The summed E-state index contributed by atoms with van der Waals surface area (Å²) in [6.07, 6.45) is 9.85. The van der Waals surface area contributed by atoms with E-state index >= 15 is 0 Å². The molecule has 2 unspecified atom stereocenters. The zero-order valence-electron chi connectivity index (χ0n) is 13.3. The van der Waals surface area contributed by atoms with Gasteiger partial charge in [-0.2, -0.15) is 0 Å². The molecule has 2 saturated heterocycles. The Labute approximate surface area is 128 Å². The Morgan fingerprint density at radius 3 is 2.29 bits per heavy atom. The fourth-order valence-corrected chi connectivity index (χ4v) is 4.85. The van der Waals surface area contributed by atoms with Gasteiger partial charge in [0.1, 0.15) is 6.04 Å². The molecule has 0 spiro atoms. The van der Waals surface area contributed by atoms with Crippen LogP contribution in [0.2, 0.25) is 0 Å². The number of likely N-dealkylation sites (tertiary alicyclic amines) is 2. The van der Waals surface area contributed by atoms with Gasteiger partial charge in [0.15, 0.2) is 0 Å². The Hall–Kier alpha value is -0.610. The van der Waals surface area contributed by atoms with E-state index in [2.05, 4.69) is 16.7 Å². The Morgan fingerprint density at radius 1 is 1.00 bits per heavy atom. The van der Waals surface area contributed by atoms with Gasteiger partial charge in [-0.3, -0.25) is 9.69 Å². The summed E-state index contributed by atoms with van der Waals surface area (Å²) >= 11 is 0. The second-order valence-corrected chi connectivity index (χ2v) is 7.29. The van der Waals surface area contributed by atoms with Gasteiger partial charge in [0.05, 0.1) is 0 Å². The molecule has 2 atom stereocenters. The molecule has 3 fully saturated rings. The summed E-state index contributed by atoms with van der Waals surface area (Å²) in [6.45, 7) is 5.71. The molecule has 21 heavy (non-hydrogen) atoms. The SMILES string of the molecule is CC(C1CCCC1)N1CCC(N2CCCC2C(=O)O)CC1. The first-order chi connectivity index (χ1) is 10.2. The lowest BCUT2D eigenvalue weighted by Gasteiger charge is -2.42. The van der Waals surface area contributed by atoms with E-state index in [1.54, 1.807) is 0 Å². The number of hydrogen-bond acceptors (Lipinski definition) is 3. The molecule has 0 aromatic heterocycles. The molecule has 120 valence electrons. The van der Waals surface area contributed by atoms with Gasteiger partial charge in [0.25, 0.3) is 0 Å². The van der Waals surface area contributed by atoms with Gasteiger partial charge in [-0.25, -0.2) is 0 Å². The van der Waals surface area contributed by atoms with Crippen LogP contribution in [-0.4, -0.2) is 58.6 Å². The van der Waals surface area contributed by atoms with E-state index in [9.17, 15) is 9.90 Å². The third-order valence-corrected chi connectivity index (χ3v) is 6.21. The second-order valence-electron chi connectivity index (χ2n) is 7.29. The molecule has 0 aromatic carbocycles. The molecule has 0 amide bonds. The highest BCUT2D eigenvalue weighted by molar-refractivity contribution is 5.73. The molecule has 0 aromatic rings. The van der Waals surface area contributed by atoms with Crippen LogP contribution in [0, 0.1) is 5.92 Å². The molecule has 3 rings (SSSR count). The van der Waals surface area contributed by atoms with E-state index in [-0.39, 0.29) is 6.04 Å². The second kappa shape index (κ2) is 6.66. The molecular weight excluding hydrogens is 264 g/mol. The van der Waals surface area contributed by atoms with Gasteiger partial charge in [-0.15, -0.1) is 0 Å². The lowest BCUT2D eigenvalue weighted by molar-refractivity contribution is -0.143. The lowest BCUT2D eigenvalue weighted by atomic mass is 9.94. The van der Waals surface area contributed by atoms with Crippen LogP contribution < -0.4 is 0 Å². The van der Waals surface area contributed by atoms with Crippen molar-refractivity contribution in [1.29, 1.82) is 0 Å². The van der Waals surface area contributed by atoms with Gasteiger partial charge in [-0.1, -0.05) is 12.8 Å². The molecule has 1 saturated carbocycles. The molecule has 3 aliphatic rings. The quantitative estimate of drug-likeness (QED) is 0.865. The van der Waals surface area contributed by atoms with Crippen molar-refractivity contribution in [3.63, 3.8) is 0 Å². The third-order valence-electron chi connectivity index (χ3n) is 6.21. The highest BCUT2D eigenvalue weighted by Gasteiger charge is 2.37. The number of hydrogen-bond donors (Lipinski definition) is 1. The maximum Gasteiger partial charge on any atom is 0.320 e. The van der Waals surface area contributed by atoms with Gasteiger partial charge in [-0.05, 0) is 71.0 Å². The molecule has 2 aliphatic heterocycles. The van der Waals surface area contributed by atoms with Crippen LogP contribution in [0.3, 0.4) is 0 Å². The summed E-state index contributed by atoms with van der Waals surface area (Å²) in [5.41, 5.74) is 0. The van der Waals surface area contributed by atoms with Crippen molar-refractivity contribution >= 4 is 5.97 Å². The summed E-state index contributed by atoms with van der Waals surface area (Å²) in [5, 5.41) is 9.35. The van der Waals surface area contributed by atoms with Crippen LogP contribution in [-0.2, 0) is 4.79 Å². The van der Waals surface area contributed by atoms with E-state index in [1.807, 2.05) is 0 Å². The number of carboxylic acids is 1. The van der Waals surface area contributed by atoms with E-state index in [1.165, 1.54) is 25.7 Å².